The molecule has 130 valence electrons. The molecule has 0 aliphatic carbocycles. The Kier molecular flexibility index (Phi) is 7.65. The van der Waals surface area contributed by atoms with Crippen LogP contribution in [0.4, 0.5) is 0 Å². The predicted octanol–water partition coefficient (Wildman–Crippen LogP) is 2.55. The number of halogens is 1. The van der Waals surface area contributed by atoms with E-state index in [1.807, 2.05) is 32.2 Å². The first-order chi connectivity index (χ1) is 10.5. The molecule has 0 radical (unpaired) electrons. The quantitative estimate of drug-likeness (QED) is 0.834. The molecule has 1 aromatic rings. The molecule has 1 aliphatic rings. The lowest BCUT2D eigenvalue weighted by Gasteiger charge is -2.26. The van der Waals surface area contributed by atoms with Gasteiger partial charge in [-0.05, 0) is 30.7 Å². The lowest BCUT2D eigenvalue weighted by Crippen LogP contribution is -2.38. The molecule has 6 heteroatoms. The van der Waals surface area contributed by atoms with Crippen LogP contribution in [0.2, 0.25) is 0 Å². The lowest BCUT2D eigenvalue weighted by molar-refractivity contribution is -0.125. The number of carbonyl (C=O) groups is 1. The van der Waals surface area contributed by atoms with Crippen molar-refractivity contribution in [2.45, 2.75) is 26.8 Å². The Bertz CT molecular complexity index is 523. The number of hydrogen-bond acceptors (Lipinski definition) is 4. The van der Waals surface area contributed by atoms with Crippen molar-refractivity contribution in [3.8, 4) is 11.5 Å². The van der Waals surface area contributed by atoms with Crippen molar-refractivity contribution in [1.82, 2.24) is 10.6 Å². The summed E-state index contributed by atoms with van der Waals surface area (Å²) < 4.78 is 11.2. The summed E-state index contributed by atoms with van der Waals surface area (Å²) in [4.78, 5) is 12.3. The first-order valence-electron chi connectivity index (χ1n) is 7.87. The van der Waals surface area contributed by atoms with Gasteiger partial charge < -0.3 is 20.1 Å². The third kappa shape index (κ3) is 5.01. The largest absolute Gasteiger partial charge is 0.486 e. The first kappa shape index (κ1) is 19.6. The summed E-state index contributed by atoms with van der Waals surface area (Å²) in [5.41, 5.74) is 1.05. The maximum atomic E-state index is 12.3. The van der Waals surface area contributed by atoms with Crippen LogP contribution in [0.25, 0.3) is 0 Å². The topological polar surface area (TPSA) is 59.6 Å². The van der Waals surface area contributed by atoms with Gasteiger partial charge in [-0.2, -0.15) is 0 Å². The van der Waals surface area contributed by atoms with Crippen molar-refractivity contribution in [3.05, 3.63) is 23.8 Å². The molecule has 2 atom stereocenters. The standard InChI is InChI=1S/C17H26N2O3.ClH/c1-11(2)16(19-17(20)12(3)10-18-4)13-5-6-14-15(9-13)22-8-7-21-14;/h5-6,9,11-12,16,18H,7-8,10H2,1-4H3,(H,19,20);1H. The van der Waals surface area contributed by atoms with Gasteiger partial charge in [0.25, 0.3) is 0 Å². The van der Waals surface area contributed by atoms with E-state index < -0.39 is 0 Å². The van der Waals surface area contributed by atoms with Gasteiger partial charge in [0.05, 0.1) is 6.04 Å². The van der Waals surface area contributed by atoms with Crippen LogP contribution >= 0.6 is 12.4 Å². The molecule has 0 spiro atoms. The number of benzene rings is 1. The van der Waals surface area contributed by atoms with E-state index in [0.717, 1.165) is 17.1 Å². The minimum Gasteiger partial charge on any atom is -0.486 e. The Morgan fingerprint density at radius 2 is 1.83 bits per heavy atom. The second-order valence-electron chi connectivity index (χ2n) is 6.09. The van der Waals surface area contributed by atoms with Gasteiger partial charge in [-0.25, -0.2) is 0 Å². The fourth-order valence-corrected chi connectivity index (χ4v) is 2.58. The molecule has 5 nitrogen and oxygen atoms in total. The molecule has 23 heavy (non-hydrogen) atoms. The zero-order valence-corrected chi connectivity index (χ0v) is 15.0. The van der Waals surface area contributed by atoms with Crippen molar-refractivity contribution in [2.75, 3.05) is 26.8 Å². The third-order valence-electron chi connectivity index (χ3n) is 3.85. The maximum absolute atomic E-state index is 12.3. The summed E-state index contributed by atoms with van der Waals surface area (Å²) in [5.74, 6) is 1.80. The van der Waals surface area contributed by atoms with E-state index in [4.69, 9.17) is 9.47 Å². The van der Waals surface area contributed by atoms with Crippen molar-refractivity contribution in [1.29, 1.82) is 0 Å². The van der Waals surface area contributed by atoms with Crippen molar-refractivity contribution < 1.29 is 14.3 Å². The minimum atomic E-state index is -0.0662. The van der Waals surface area contributed by atoms with Crippen LogP contribution in [0.3, 0.4) is 0 Å². The Morgan fingerprint density at radius 1 is 1.17 bits per heavy atom. The normalized spacial score (nSPS) is 15.5. The van der Waals surface area contributed by atoms with Crippen LogP contribution in [0, 0.1) is 11.8 Å². The monoisotopic (exact) mass is 342 g/mol. The van der Waals surface area contributed by atoms with Gasteiger partial charge in [0.2, 0.25) is 5.91 Å². The van der Waals surface area contributed by atoms with Crippen molar-refractivity contribution >= 4 is 18.3 Å². The molecule has 1 heterocycles. The molecule has 2 rings (SSSR count). The summed E-state index contributed by atoms with van der Waals surface area (Å²) in [6.07, 6.45) is 0. The summed E-state index contributed by atoms with van der Waals surface area (Å²) in [5, 5.41) is 6.18. The number of ether oxygens (including phenoxy) is 2. The third-order valence-corrected chi connectivity index (χ3v) is 3.85. The maximum Gasteiger partial charge on any atom is 0.224 e. The first-order valence-corrected chi connectivity index (χ1v) is 7.87. The van der Waals surface area contributed by atoms with Crippen LogP contribution in [-0.2, 0) is 4.79 Å². The molecular formula is C17H27ClN2O3. The summed E-state index contributed by atoms with van der Waals surface area (Å²) in [7, 11) is 1.85. The number of fused-ring (bicyclic) bond motifs is 1. The molecule has 2 N–H and O–H groups in total. The highest BCUT2D eigenvalue weighted by atomic mass is 35.5. The lowest BCUT2D eigenvalue weighted by atomic mass is 9.94. The average molecular weight is 343 g/mol. The van der Waals surface area contributed by atoms with Crippen LogP contribution in [0.15, 0.2) is 18.2 Å². The Balaban J connectivity index is 0.00000264. The van der Waals surface area contributed by atoms with E-state index in [9.17, 15) is 4.79 Å². The van der Waals surface area contributed by atoms with E-state index in [0.29, 0.717) is 19.8 Å². The number of hydrogen-bond donors (Lipinski definition) is 2. The van der Waals surface area contributed by atoms with Gasteiger partial charge in [0.15, 0.2) is 11.5 Å². The summed E-state index contributed by atoms with van der Waals surface area (Å²) in [6, 6.07) is 5.86. The van der Waals surface area contributed by atoms with Gasteiger partial charge in [0, 0.05) is 12.5 Å². The molecule has 0 fully saturated rings. The fraction of sp³-hybridized carbons (Fsp3) is 0.588. The predicted molar refractivity (Wildman–Crippen MR) is 93.5 cm³/mol. The zero-order chi connectivity index (χ0) is 16.1. The van der Waals surface area contributed by atoms with E-state index >= 15 is 0 Å². The molecule has 0 saturated heterocycles. The Morgan fingerprint density at radius 3 is 2.43 bits per heavy atom. The SMILES string of the molecule is CNCC(C)C(=O)NC(c1ccc2c(c1)OCCO2)C(C)C.Cl. The van der Waals surface area contributed by atoms with Crippen molar-refractivity contribution in [3.63, 3.8) is 0 Å². The number of amides is 1. The van der Waals surface area contributed by atoms with Gasteiger partial charge in [-0.3, -0.25) is 4.79 Å². The van der Waals surface area contributed by atoms with Crippen LogP contribution in [0.5, 0.6) is 11.5 Å². The number of rotatable bonds is 6. The number of nitrogens with one attached hydrogen (secondary N) is 2. The molecule has 1 aliphatic heterocycles. The van der Waals surface area contributed by atoms with Crippen LogP contribution in [0.1, 0.15) is 32.4 Å². The van der Waals surface area contributed by atoms with Gasteiger partial charge in [-0.15, -0.1) is 12.4 Å². The highest BCUT2D eigenvalue weighted by Crippen LogP contribution is 2.34. The molecule has 1 amide bonds. The van der Waals surface area contributed by atoms with Crippen LogP contribution < -0.4 is 20.1 Å². The zero-order valence-electron chi connectivity index (χ0n) is 14.2. The minimum absolute atomic E-state index is 0. The van der Waals surface area contributed by atoms with Gasteiger partial charge >= 0.3 is 0 Å². The summed E-state index contributed by atoms with van der Waals surface area (Å²) in [6.45, 7) is 7.94. The number of carbonyl (C=O) groups excluding carboxylic acids is 1. The molecule has 2 unspecified atom stereocenters. The van der Waals surface area contributed by atoms with E-state index in [1.165, 1.54) is 0 Å². The van der Waals surface area contributed by atoms with E-state index in [1.54, 1.807) is 0 Å². The molecular weight excluding hydrogens is 316 g/mol. The van der Waals surface area contributed by atoms with E-state index in [2.05, 4.69) is 24.5 Å². The van der Waals surface area contributed by atoms with Gasteiger partial charge in [-0.1, -0.05) is 26.8 Å². The van der Waals surface area contributed by atoms with Crippen molar-refractivity contribution in [2.24, 2.45) is 11.8 Å². The van der Waals surface area contributed by atoms with Crippen LogP contribution in [-0.4, -0.2) is 32.7 Å². The average Bonchev–Trinajstić information content (AvgIpc) is 2.51. The molecule has 0 aromatic heterocycles. The molecule has 0 bridgehead atoms. The Hall–Kier alpha value is -1.46. The second-order valence-corrected chi connectivity index (χ2v) is 6.09. The second kappa shape index (κ2) is 8.99. The Labute approximate surface area is 144 Å². The highest BCUT2D eigenvalue weighted by Gasteiger charge is 2.23. The van der Waals surface area contributed by atoms with Gasteiger partial charge in [0.1, 0.15) is 13.2 Å². The smallest absolute Gasteiger partial charge is 0.224 e. The highest BCUT2D eigenvalue weighted by molar-refractivity contribution is 5.85. The van der Waals surface area contributed by atoms with E-state index in [-0.39, 0.29) is 36.2 Å². The molecule has 0 saturated carbocycles. The summed E-state index contributed by atoms with van der Waals surface area (Å²) >= 11 is 0. The molecule has 1 aromatic carbocycles. The fourth-order valence-electron chi connectivity index (χ4n) is 2.58.